The minimum Gasteiger partial charge on any atom is -0.462 e. The van der Waals surface area contributed by atoms with E-state index in [1.807, 2.05) is 54.7 Å². The van der Waals surface area contributed by atoms with Gasteiger partial charge in [-0.1, -0.05) is 157 Å². The van der Waals surface area contributed by atoms with Gasteiger partial charge in [0.1, 0.15) is 13.2 Å². The number of ether oxygens (including phenoxy) is 3. The van der Waals surface area contributed by atoms with Gasteiger partial charge in [0.25, 0.3) is 0 Å². The smallest absolute Gasteiger partial charge is 0.306 e. The Morgan fingerprint density at radius 3 is 1.47 bits per heavy atom. The van der Waals surface area contributed by atoms with Crippen LogP contribution in [-0.2, 0) is 28.6 Å². The lowest BCUT2D eigenvalue weighted by molar-refractivity contribution is -0.167. The first-order chi connectivity index (χ1) is 26.0. The third kappa shape index (κ3) is 39.4. The van der Waals surface area contributed by atoms with Crippen LogP contribution in [0.2, 0.25) is 0 Å². The summed E-state index contributed by atoms with van der Waals surface area (Å²) in [4.78, 5) is 37.5. The first-order valence-corrected chi connectivity index (χ1v) is 20.8. The molecule has 0 amide bonds. The fraction of sp³-hybridized carbons (Fsp3) is 0.596. The summed E-state index contributed by atoms with van der Waals surface area (Å²) >= 11 is 0. The highest BCUT2D eigenvalue weighted by Crippen LogP contribution is 2.11. The summed E-state index contributed by atoms with van der Waals surface area (Å²) in [7, 11) is 0. The third-order valence-corrected chi connectivity index (χ3v) is 8.18. The Morgan fingerprint density at radius 1 is 0.415 bits per heavy atom. The Kier molecular flexibility index (Phi) is 38.2. The molecule has 0 saturated carbocycles. The quantitative estimate of drug-likeness (QED) is 0.0212. The molecule has 0 aliphatic rings. The molecule has 0 N–H and O–H groups in total. The molecule has 0 aromatic carbocycles. The summed E-state index contributed by atoms with van der Waals surface area (Å²) < 4.78 is 16.5. The Bertz CT molecular complexity index is 1120. The normalized spacial score (nSPS) is 13.0. The Morgan fingerprint density at radius 2 is 0.849 bits per heavy atom. The maximum atomic E-state index is 12.7. The molecule has 6 heteroatoms. The SMILES string of the molecule is CC\C=C/C=C\C=C/C=C\C=C/CCCC(=O)OCC(COC(=O)CCCC/C=C\C/C=C\CC)OC(=O)CCCCC/C=C\CCCCCCCC. The summed E-state index contributed by atoms with van der Waals surface area (Å²) in [5.41, 5.74) is 0. The van der Waals surface area contributed by atoms with Crippen molar-refractivity contribution in [1.82, 2.24) is 0 Å². The molecular weight excluding hydrogens is 661 g/mol. The average molecular weight is 735 g/mol. The van der Waals surface area contributed by atoms with Crippen molar-refractivity contribution in [3.63, 3.8) is 0 Å². The van der Waals surface area contributed by atoms with Gasteiger partial charge in [-0.25, -0.2) is 0 Å². The second-order valence-corrected chi connectivity index (χ2v) is 13.2. The molecule has 0 aliphatic heterocycles. The molecule has 1 atom stereocenters. The second kappa shape index (κ2) is 41.1. The number of hydrogen-bond donors (Lipinski definition) is 0. The van der Waals surface area contributed by atoms with Crippen molar-refractivity contribution in [1.29, 1.82) is 0 Å². The zero-order valence-corrected chi connectivity index (χ0v) is 33.7. The van der Waals surface area contributed by atoms with Gasteiger partial charge in [-0.3, -0.25) is 14.4 Å². The van der Waals surface area contributed by atoms with Crippen LogP contribution in [0.1, 0.15) is 162 Å². The number of rotatable bonds is 35. The molecule has 53 heavy (non-hydrogen) atoms. The van der Waals surface area contributed by atoms with E-state index < -0.39 is 6.10 Å². The number of carbonyl (C=O) groups is 3. The van der Waals surface area contributed by atoms with Gasteiger partial charge in [0, 0.05) is 19.3 Å². The van der Waals surface area contributed by atoms with E-state index in [9.17, 15) is 14.4 Å². The minimum atomic E-state index is -0.824. The van der Waals surface area contributed by atoms with E-state index in [1.54, 1.807) is 0 Å². The van der Waals surface area contributed by atoms with Gasteiger partial charge in [0.05, 0.1) is 0 Å². The molecule has 0 bridgehead atoms. The average Bonchev–Trinajstić information content (AvgIpc) is 3.15. The highest BCUT2D eigenvalue weighted by molar-refractivity contribution is 5.71. The summed E-state index contributed by atoms with van der Waals surface area (Å²) in [5, 5.41) is 0. The molecule has 0 fully saturated rings. The van der Waals surface area contributed by atoms with E-state index in [4.69, 9.17) is 14.2 Å². The minimum absolute atomic E-state index is 0.125. The molecule has 0 aliphatic carbocycles. The number of unbranched alkanes of at least 4 members (excludes halogenated alkanes) is 12. The van der Waals surface area contributed by atoms with Gasteiger partial charge in [-0.2, -0.15) is 0 Å². The fourth-order valence-corrected chi connectivity index (χ4v) is 5.09. The van der Waals surface area contributed by atoms with E-state index in [2.05, 4.69) is 63.3 Å². The second-order valence-electron chi connectivity index (χ2n) is 13.2. The standard InChI is InChI=1S/C47H74O6/c1-4-7-10-13-16-19-21-23-25-28-31-34-37-40-46(49)52-43-44(42-51-45(48)39-36-33-30-27-18-15-12-9-6-3)53-47(50)41-38-35-32-29-26-24-22-20-17-14-11-8-5-2/h7,9-10,12-13,16,18-19,21,23-28,31,44H,4-6,8,11,14-15,17,20,22,29-30,32-43H2,1-3H3/b10-7-,12-9-,16-13-,21-19-,25-23-,26-24-,27-18-,31-28-. The van der Waals surface area contributed by atoms with Crippen LogP contribution in [0.15, 0.2) is 97.2 Å². The van der Waals surface area contributed by atoms with Crippen molar-refractivity contribution >= 4 is 17.9 Å². The predicted octanol–water partition coefficient (Wildman–Crippen LogP) is 13.1. The molecule has 0 spiro atoms. The van der Waals surface area contributed by atoms with Crippen LogP contribution in [0, 0.1) is 0 Å². The molecule has 6 nitrogen and oxygen atoms in total. The number of hydrogen-bond acceptors (Lipinski definition) is 6. The summed E-state index contributed by atoms with van der Waals surface area (Å²) in [5.74, 6) is -1.07. The molecule has 0 aromatic rings. The van der Waals surface area contributed by atoms with Crippen molar-refractivity contribution in [2.45, 2.75) is 168 Å². The van der Waals surface area contributed by atoms with E-state index in [0.29, 0.717) is 12.8 Å². The maximum Gasteiger partial charge on any atom is 0.306 e. The highest BCUT2D eigenvalue weighted by atomic mass is 16.6. The first-order valence-electron chi connectivity index (χ1n) is 20.8. The summed E-state index contributed by atoms with van der Waals surface area (Å²) in [6.45, 7) is 6.21. The molecule has 0 aromatic heterocycles. The zero-order valence-electron chi connectivity index (χ0n) is 33.7. The monoisotopic (exact) mass is 735 g/mol. The van der Waals surface area contributed by atoms with Crippen LogP contribution >= 0.6 is 0 Å². The van der Waals surface area contributed by atoms with Crippen molar-refractivity contribution in [2.75, 3.05) is 13.2 Å². The summed E-state index contributed by atoms with van der Waals surface area (Å²) in [6, 6.07) is 0. The van der Waals surface area contributed by atoms with Gasteiger partial charge in [-0.05, 0) is 83.5 Å². The van der Waals surface area contributed by atoms with Gasteiger partial charge >= 0.3 is 17.9 Å². The number of esters is 3. The maximum absolute atomic E-state index is 12.7. The van der Waals surface area contributed by atoms with Crippen LogP contribution in [0.4, 0.5) is 0 Å². The molecule has 0 saturated heterocycles. The van der Waals surface area contributed by atoms with Gasteiger partial charge < -0.3 is 14.2 Å². The van der Waals surface area contributed by atoms with Crippen molar-refractivity contribution in [3.05, 3.63) is 97.2 Å². The molecule has 0 rings (SSSR count). The molecule has 0 radical (unpaired) electrons. The lowest BCUT2D eigenvalue weighted by Crippen LogP contribution is -2.30. The van der Waals surface area contributed by atoms with Crippen molar-refractivity contribution < 1.29 is 28.6 Å². The molecule has 298 valence electrons. The topological polar surface area (TPSA) is 78.9 Å². The number of carbonyl (C=O) groups excluding carboxylic acids is 3. The Balaban J connectivity index is 4.58. The van der Waals surface area contributed by atoms with Crippen molar-refractivity contribution in [2.24, 2.45) is 0 Å². The van der Waals surface area contributed by atoms with Crippen LogP contribution < -0.4 is 0 Å². The third-order valence-electron chi connectivity index (χ3n) is 8.18. The van der Waals surface area contributed by atoms with E-state index in [-0.39, 0.29) is 44.0 Å². The number of allylic oxidation sites excluding steroid dienone is 16. The lowest BCUT2D eigenvalue weighted by Gasteiger charge is -2.18. The van der Waals surface area contributed by atoms with Gasteiger partial charge in [0.2, 0.25) is 0 Å². The van der Waals surface area contributed by atoms with Crippen LogP contribution in [-0.4, -0.2) is 37.2 Å². The Hall–Kier alpha value is -3.67. The first kappa shape index (κ1) is 49.3. The van der Waals surface area contributed by atoms with E-state index in [1.165, 1.54) is 38.5 Å². The van der Waals surface area contributed by atoms with Crippen LogP contribution in [0.25, 0.3) is 0 Å². The fourth-order valence-electron chi connectivity index (χ4n) is 5.09. The summed E-state index contributed by atoms with van der Waals surface area (Å²) in [6.07, 6.45) is 52.7. The molecule has 1 unspecified atom stereocenters. The molecule has 0 heterocycles. The van der Waals surface area contributed by atoms with E-state index in [0.717, 1.165) is 77.0 Å². The van der Waals surface area contributed by atoms with Gasteiger partial charge in [0.15, 0.2) is 6.10 Å². The van der Waals surface area contributed by atoms with Crippen molar-refractivity contribution in [3.8, 4) is 0 Å². The highest BCUT2D eigenvalue weighted by Gasteiger charge is 2.19. The zero-order chi connectivity index (χ0) is 38.7. The van der Waals surface area contributed by atoms with E-state index >= 15 is 0 Å². The van der Waals surface area contributed by atoms with Crippen LogP contribution in [0.3, 0.4) is 0 Å². The van der Waals surface area contributed by atoms with Gasteiger partial charge in [-0.15, -0.1) is 0 Å². The Labute approximate surface area is 324 Å². The predicted molar refractivity (Wildman–Crippen MR) is 224 cm³/mol. The largest absolute Gasteiger partial charge is 0.462 e. The molecular formula is C47H74O6. The van der Waals surface area contributed by atoms with Crippen LogP contribution in [0.5, 0.6) is 0 Å². The lowest BCUT2D eigenvalue weighted by atomic mass is 10.1.